The molecule has 0 aliphatic heterocycles. The number of hydrogen-bond donors (Lipinski definition) is 3. The number of rotatable bonds is 8. The van der Waals surface area contributed by atoms with Crippen LogP contribution in [0.2, 0.25) is 0 Å². The average molecular weight is 298 g/mol. The average Bonchev–Trinajstić information content (AvgIpc) is 2.87. The lowest BCUT2D eigenvalue weighted by atomic mass is 10.0. The summed E-state index contributed by atoms with van der Waals surface area (Å²) in [4.78, 5) is 34.4. The second-order valence-electron chi connectivity index (χ2n) is 6.22. The maximum absolute atomic E-state index is 11.7. The highest BCUT2D eigenvalue weighted by molar-refractivity contribution is 5.87. The van der Waals surface area contributed by atoms with E-state index < -0.39 is 17.9 Å². The lowest BCUT2D eigenvalue weighted by Gasteiger charge is -2.17. The van der Waals surface area contributed by atoms with Crippen LogP contribution >= 0.6 is 0 Å². The van der Waals surface area contributed by atoms with E-state index in [2.05, 4.69) is 10.6 Å². The third-order valence-electron chi connectivity index (χ3n) is 3.74. The van der Waals surface area contributed by atoms with E-state index in [0.29, 0.717) is 18.8 Å². The molecule has 1 atom stereocenters. The fraction of sp³-hybridized carbons (Fsp3) is 0.800. The van der Waals surface area contributed by atoms with Gasteiger partial charge >= 0.3 is 5.97 Å². The van der Waals surface area contributed by atoms with Gasteiger partial charge in [0.15, 0.2) is 0 Å². The van der Waals surface area contributed by atoms with Gasteiger partial charge in [-0.15, -0.1) is 0 Å². The predicted molar refractivity (Wildman–Crippen MR) is 78.6 cm³/mol. The van der Waals surface area contributed by atoms with Crippen molar-refractivity contribution in [3.05, 3.63) is 0 Å². The summed E-state index contributed by atoms with van der Waals surface area (Å²) in [5.74, 6) is -1.03. The van der Waals surface area contributed by atoms with Crippen LogP contribution in [-0.4, -0.2) is 35.5 Å². The topological polar surface area (TPSA) is 95.5 Å². The van der Waals surface area contributed by atoms with Crippen molar-refractivity contribution in [1.29, 1.82) is 0 Å². The second-order valence-corrected chi connectivity index (χ2v) is 6.22. The standard InChI is InChI=1S/C15H26N2O4/c1-10(2)7-12(15(20)21)17-14(19)9-16-13(18)8-11-5-3-4-6-11/h10-12H,3-9H2,1-2H3,(H,16,18)(H,17,19)(H,20,21). The van der Waals surface area contributed by atoms with Crippen LogP contribution in [0.4, 0.5) is 0 Å². The molecule has 1 saturated carbocycles. The molecule has 2 amide bonds. The zero-order valence-electron chi connectivity index (χ0n) is 12.9. The molecule has 1 fully saturated rings. The van der Waals surface area contributed by atoms with E-state index in [9.17, 15) is 14.4 Å². The number of carbonyl (C=O) groups excluding carboxylic acids is 2. The molecule has 0 aromatic rings. The van der Waals surface area contributed by atoms with E-state index in [-0.39, 0.29) is 18.4 Å². The Balaban J connectivity index is 2.28. The maximum Gasteiger partial charge on any atom is 0.326 e. The number of hydrogen-bond acceptors (Lipinski definition) is 3. The minimum atomic E-state index is -1.05. The molecule has 0 bridgehead atoms. The molecule has 120 valence electrons. The Morgan fingerprint density at radius 2 is 1.76 bits per heavy atom. The van der Waals surface area contributed by atoms with Gasteiger partial charge in [-0.3, -0.25) is 9.59 Å². The van der Waals surface area contributed by atoms with Gasteiger partial charge < -0.3 is 15.7 Å². The Labute approximate surface area is 125 Å². The molecule has 0 spiro atoms. The van der Waals surface area contributed by atoms with E-state index >= 15 is 0 Å². The van der Waals surface area contributed by atoms with Crippen molar-refractivity contribution < 1.29 is 19.5 Å². The first kappa shape index (κ1) is 17.5. The molecule has 0 aromatic heterocycles. The van der Waals surface area contributed by atoms with E-state index in [0.717, 1.165) is 12.8 Å². The molecule has 0 aromatic carbocycles. The van der Waals surface area contributed by atoms with Gasteiger partial charge in [-0.25, -0.2) is 4.79 Å². The first-order valence-corrected chi connectivity index (χ1v) is 7.67. The summed E-state index contributed by atoms with van der Waals surface area (Å²) >= 11 is 0. The third kappa shape index (κ3) is 7.11. The van der Waals surface area contributed by atoms with Crippen molar-refractivity contribution in [2.75, 3.05) is 6.54 Å². The minimum absolute atomic E-state index is 0.132. The van der Waals surface area contributed by atoms with Gasteiger partial charge in [0, 0.05) is 6.42 Å². The van der Waals surface area contributed by atoms with Crippen LogP contribution in [0.3, 0.4) is 0 Å². The molecule has 3 N–H and O–H groups in total. The first-order valence-electron chi connectivity index (χ1n) is 7.67. The molecule has 6 nitrogen and oxygen atoms in total. The van der Waals surface area contributed by atoms with Gasteiger partial charge in [-0.1, -0.05) is 26.7 Å². The number of carbonyl (C=O) groups is 3. The van der Waals surface area contributed by atoms with Crippen molar-refractivity contribution in [3.8, 4) is 0 Å². The van der Waals surface area contributed by atoms with Crippen LogP contribution in [0.15, 0.2) is 0 Å². The zero-order chi connectivity index (χ0) is 15.8. The van der Waals surface area contributed by atoms with Gasteiger partial charge in [0.05, 0.1) is 6.54 Å². The minimum Gasteiger partial charge on any atom is -0.480 e. The molecule has 0 saturated heterocycles. The highest BCUT2D eigenvalue weighted by atomic mass is 16.4. The number of amides is 2. The fourth-order valence-corrected chi connectivity index (χ4v) is 2.67. The van der Waals surface area contributed by atoms with Crippen LogP contribution in [0, 0.1) is 11.8 Å². The van der Waals surface area contributed by atoms with Crippen molar-refractivity contribution in [3.63, 3.8) is 0 Å². The van der Waals surface area contributed by atoms with Crippen LogP contribution in [0.25, 0.3) is 0 Å². The Hall–Kier alpha value is -1.59. The summed E-state index contributed by atoms with van der Waals surface area (Å²) in [6.07, 6.45) is 5.34. The quantitative estimate of drug-likeness (QED) is 0.629. The van der Waals surface area contributed by atoms with Crippen LogP contribution in [0.5, 0.6) is 0 Å². The van der Waals surface area contributed by atoms with Crippen molar-refractivity contribution in [2.45, 2.75) is 58.4 Å². The van der Waals surface area contributed by atoms with Crippen molar-refractivity contribution in [2.24, 2.45) is 11.8 Å². The van der Waals surface area contributed by atoms with Gasteiger partial charge in [0.1, 0.15) is 6.04 Å². The monoisotopic (exact) mass is 298 g/mol. The Bertz CT molecular complexity index is 376. The summed E-state index contributed by atoms with van der Waals surface area (Å²) in [7, 11) is 0. The van der Waals surface area contributed by atoms with Crippen LogP contribution in [0.1, 0.15) is 52.4 Å². The van der Waals surface area contributed by atoms with E-state index in [4.69, 9.17) is 5.11 Å². The predicted octanol–water partition coefficient (Wildman–Crippen LogP) is 1.30. The molecule has 1 rings (SSSR count). The lowest BCUT2D eigenvalue weighted by molar-refractivity contribution is -0.142. The highest BCUT2D eigenvalue weighted by Gasteiger charge is 2.22. The van der Waals surface area contributed by atoms with Gasteiger partial charge in [-0.05, 0) is 31.1 Å². The second kappa shape index (κ2) is 8.64. The Kier molecular flexibility index (Phi) is 7.19. The first-order chi connectivity index (χ1) is 9.88. The summed E-state index contributed by atoms with van der Waals surface area (Å²) < 4.78 is 0. The molecule has 1 unspecified atom stereocenters. The number of aliphatic carboxylic acids is 1. The Morgan fingerprint density at radius 1 is 1.14 bits per heavy atom. The SMILES string of the molecule is CC(C)CC(NC(=O)CNC(=O)CC1CCCC1)C(=O)O. The Morgan fingerprint density at radius 3 is 2.29 bits per heavy atom. The van der Waals surface area contributed by atoms with Gasteiger partial charge in [0.2, 0.25) is 11.8 Å². The zero-order valence-corrected chi connectivity index (χ0v) is 12.9. The molecular weight excluding hydrogens is 272 g/mol. The van der Waals surface area contributed by atoms with Crippen LogP contribution in [-0.2, 0) is 14.4 Å². The number of nitrogens with one attached hydrogen (secondary N) is 2. The highest BCUT2D eigenvalue weighted by Crippen LogP contribution is 2.27. The number of carboxylic acids is 1. The molecule has 0 heterocycles. The largest absolute Gasteiger partial charge is 0.480 e. The maximum atomic E-state index is 11.7. The van der Waals surface area contributed by atoms with Crippen LogP contribution < -0.4 is 10.6 Å². The van der Waals surface area contributed by atoms with Crippen molar-refractivity contribution in [1.82, 2.24) is 10.6 Å². The summed E-state index contributed by atoms with van der Waals surface area (Å²) in [6, 6.07) is -0.899. The molecule has 0 radical (unpaired) electrons. The van der Waals surface area contributed by atoms with E-state index in [1.807, 2.05) is 13.8 Å². The van der Waals surface area contributed by atoms with Gasteiger partial charge in [-0.2, -0.15) is 0 Å². The molecule has 1 aliphatic carbocycles. The molecule has 21 heavy (non-hydrogen) atoms. The van der Waals surface area contributed by atoms with E-state index in [1.165, 1.54) is 12.8 Å². The van der Waals surface area contributed by atoms with E-state index in [1.54, 1.807) is 0 Å². The normalized spacial score (nSPS) is 16.7. The molecule has 1 aliphatic rings. The third-order valence-corrected chi connectivity index (χ3v) is 3.74. The van der Waals surface area contributed by atoms with Crippen molar-refractivity contribution >= 4 is 17.8 Å². The lowest BCUT2D eigenvalue weighted by Crippen LogP contribution is -2.46. The molecule has 6 heteroatoms. The summed E-state index contributed by atoms with van der Waals surface area (Å²) in [6.45, 7) is 3.63. The summed E-state index contributed by atoms with van der Waals surface area (Å²) in [5, 5.41) is 14.0. The smallest absolute Gasteiger partial charge is 0.326 e. The van der Waals surface area contributed by atoms with Gasteiger partial charge in [0.25, 0.3) is 0 Å². The molecular formula is C15H26N2O4. The number of carboxylic acid groups (broad SMARTS) is 1. The fourth-order valence-electron chi connectivity index (χ4n) is 2.67. The summed E-state index contributed by atoms with van der Waals surface area (Å²) in [5.41, 5.74) is 0.